The summed E-state index contributed by atoms with van der Waals surface area (Å²) in [5, 5.41) is 21.3. The summed E-state index contributed by atoms with van der Waals surface area (Å²) in [6, 6.07) is 0. The van der Waals surface area contributed by atoms with Crippen LogP contribution in [0.25, 0.3) is 0 Å². The number of carbonyl (C=O) groups excluding carboxylic acids is 2. The highest BCUT2D eigenvalue weighted by Gasteiger charge is 2.07. The molecule has 0 rings (SSSR count). The molecule has 0 bridgehead atoms. The van der Waals surface area contributed by atoms with Crippen molar-refractivity contribution in [3.05, 3.63) is 25.3 Å². The normalized spacial score (nSPS) is 13.5. The Hall–Kier alpha value is -1.78. The van der Waals surface area contributed by atoms with E-state index in [9.17, 15) is 9.59 Å². The fraction of sp³-hybridized carbons (Fsp3) is 0.600. The van der Waals surface area contributed by atoms with Crippen molar-refractivity contribution >= 4 is 11.9 Å². The first kappa shape index (κ1) is 24.5. The average Bonchev–Trinajstić information content (AvgIpc) is 2.57. The Morgan fingerprint density at radius 3 is 1.79 bits per heavy atom. The van der Waals surface area contributed by atoms with Crippen molar-refractivity contribution in [2.75, 3.05) is 19.8 Å². The van der Waals surface area contributed by atoms with Crippen LogP contribution in [0.1, 0.15) is 20.8 Å². The lowest BCUT2D eigenvalue weighted by Crippen LogP contribution is -2.24. The van der Waals surface area contributed by atoms with E-state index in [0.717, 1.165) is 12.2 Å². The summed E-state index contributed by atoms with van der Waals surface area (Å²) in [6.45, 7) is 12.2. The van der Waals surface area contributed by atoms with Crippen LogP contribution in [-0.4, -0.2) is 60.3 Å². The minimum atomic E-state index is -0.859. The second-order valence-corrected chi connectivity index (χ2v) is 4.60. The topological polar surface area (TPSA) is 121 Å². The highest BCUT2D eigenvalue weighted by Crippen LogP contribution is 1.97. The number of aliphatic hydroxyl groups excluding tert-OH is 2. The monoisotopic (exact) mass is 350 g/mol. The van der Waals surface area contributed by atoms with Gasteiger partial charge in [-0.15, -0.1) is 0 Å². The van der Waals surface area contributed by atoms with Gasteiger partial charge < -0.3 is 19.7 Å². The van der Waals surface area contributed by atoms with Crippen LogP contribution >= 0.6 is 0 Å². The predicted octanol–water partition coefficient (Wildman–Crippen LogP) is 0.461. The molecule has 0 fully saturated rings. The smallest absolute Gasteiger partial charge is 0.369 e. The van der Waals surface area contributed by atoms with Crippen molar-refractivity contribution in [3.63, 3.8) is 0 Å². The van der Waals surface area contributed by atoms with Gasteiger partial charge >= 0.3 is 11.9 Å². The summed E-state index contributed by atoms with van der Waals surface area (Å²) < 4.78 is 10.5. The fourth-order valence-electron chi connectivity index (χ4n) is 0.856. The number of rotatable bonds is 11. The summed E-state index contributed by atoms with van der Waals surface area (Å²) in [5.74, 6) is -1.72. The van der Waals surface area contributed by atoms with Crippen molar-refractivity contribution in [2.45, 2.75) is 39.1 Å². The van der Waals surface area contributed by atoms with Crippen LogP contribution < -0.4 is 0 Å². The molecule has 0 aliphatic rings. The molecular formula is C15H26O9. The summed E-state index contributed by atoms with van der Waals surface area (Å²) in [7, 11) is 0. The maximum Gasteiger partial charge on any atom is 0.369 e. The van der Waals surface area contributed by atoms with Crippen molar-refractivity contribution in [1.82, 2.24) is 0 Å². The van der Waals surface area contributed by atoms with E-state index < -0.39 is 18.0 Å². The Labute approximate surface area is 141 Å². The standard InChI is InChI=1S/C9H20O4.C6H6O5/c1-7(11)5-12-9(3)6-13-8(2)4-10;1-3-5(7)9-11-10-6(8)4-2/h7-11H,4-6H2,1-3H3;3-4H,1-2H2. The van der Waals surface area contributed by atoms with E-state index in [1.54, 1.807) is 13.8 Å². The SMILES string of the molecule is C=CC(=O)OOOC(=O)C=C.CC(O)COC(C)COC(C)CO. The minimum Gasteiger partial charge on any atom is -0.394 e. The molecule has 0 aliphatic heterocycles. The molecule has 0 aromatic carbocycles. The van der Waals surface area contributed by atoms with E-state index in [1.807, 2.05) is 6.92 Å². The predicted molar refractivity (Wildman–Crippen MR) is 83.3 cm³/mol. The third kappa shape index (κ3) is 18.3. The van der Waals surface area contributed by atoms with Crippen LogP contribution in [0.3, 0.4) is 0 Å². The molecule has 3 unspecified atom stereocenters. The Balaban J connectivity index is 0. The van der Waals surface area contributed by atoms with E-state index in [4.69, 9.17) is 19.7 Å². The number of aliphatic hydroxyl groups is 2. The largest absolute Gasteiger partial charge is 0.394 e. The number of carbonyl (C=O) groups is 2. The molecule has 0 aliphatic carbocycles. The third-order valence-electron chi connectivity index (χ3n) is 2.06. The lowest BCUT2D eigenvalue weighted by Gasteiger charge is -2.16. The molecular weight excluding hydrogens is 324 g/mol. The lowest BCUT2D eigenvalue weighted by molar-refractivity contribution is -0.455. The van der Waals surface area contributed by atoms with Gasteiger partial charge in [-0.25, -0.2) is 9.59 Å². The molecule has 140 valence electrons. The van der Waals surface area contributed by atoms with E-state index in [1.165, 1.54) is 0 Å². The Bertz CT molecular complexity index is 348. The van der Waals surface area contributed by atoms with Crippen molar-refractivity contribution in [2.24, 2.45) is 0 Å². The second-order valence-electron chi connectivity index (χ2n) is 4.60. The molecule has 2 N–H and O–H groups in total. The first-order chi connectivity index (χ1) is 11.3. The Morgan fingerprint density at radius 2 is 1.42 bits per heavy atom. The molecule has 0 spiro atoms. The van der Waals surface area contributed by atoms with Gasteiger partial charge in [-0.1, -0.05) is 13.2 Å². The van der Waals surface area contributed by atoms with Gasteiger partial charge in [0.05, 0.1) is 38.1 Å². The molecule has 0 heterocycles. The highest BCUT2D eigenvalue weighted by molar-refractivity contribution is 5.81. The second kappa shape index (κ2) is 16.1. The molecule has 9 heteroatoms. The van der Waals surface area contributed by atoms with E-state index in [2.05, 4.69) is 28.0 Å². The van der Waals surface area contributed by atoms with Crippen molar-refractivity contribution in [1.29, 1.82) is 0 Å². The maximum atomic E-state index is 10.2. The van der Waals surface area contributed by atoms with Gasteiger partial charge in [-0.05, 0) is 20.8 Å². The zero-order valence-corrected chi connectivity index (χ0v) is 14.2. The van der Waals surface area contributed by atoms with E-state index >= 15 is 0 Å². The average molecular weight is 350 g/mol. The van der Waals surface area contributed by atoms with E-state index in [-0.39, 0.29) is 18.8 Å². The first-order valence-corrected chi connectivity index (χ1v) is 7.12. The maximum absolute atomic E-state index is 10.2. The summed E-state index contributed by atoms with van der Waals surface area (Å²) >= 11 is 0. The van der Waals surface area contributed by atoms with Crippen LogP contribution in [0.5, 0.6) is 0 Å². The molecule has 0 saturated heterocycles. The zero-order chi connectivity index (χ0) is 19.0. The van der Waals surface area contributed by atoms with Crippen molar-refractivity contribution in [3.8, 4) is 0 Å². The lowest BCUT2D eigenvalue weighted by atomic mass is 10.4. The van der Waals surface area contributed by atoms with Crippen LogP contribution in [0, 0.1) is 0 Å². The summed E-state index contributed by atoms with van der Waals surface area (Å²) in [4.78, 5) is 28.0. The van der Waals surface area contributed by atoms with Gasteiger partial charge in [0.1, 0.15) is 0 Å². The van der Waals surface area contributed by atoms with Gasteiger partial charge in [0.25, 0.3) is 0 Å². The molecule has 0 aromatic heterocycles. The fourth-order valence-corrected chi connectivity index (χ4v) is 0.856. The first-order valence-electron chi connectivity index (χ1n) is 7.12. The molecule has 9 nitrogen and oxygen atoms in total. The Morgan fingerprint density at radius 1 is 0.958 bits per heavy atom. The number of hydrogen-bond donors (Lipinski definition) is 2. The van der Waals surface area contributed by atoms with Gasteiger partial charge in [-0.2, -0.15) is 0 Å². The van der Waals surface area contributed by atoms with E-state index in [0.29, 0.717) is 13.2 Å². The quantitative estimate of drug-likeness (QED) is 0.311. The summed E-state index contributed by atoms with van der Waals surface area (Å²) in [6.07, 6.45) is 1.04. The molecule has 3 atom stereocenters. The molecule has 0 aromatic rings. The van der Waals surface area contributed by atoms with Gasteiger partial charge in [0.2, 0.25) is 0 Å². The van der Waals surface area contributed by atoms with Gasteiger partial charge in [0, 0.05) is 17.2 Å². The molecule has 24 heavy (non-hydrogen) atoms. The molecule has 0 radical (unpaired) electrons. The minimum absolute atomic E-state index is 0.0170. The van der Waals surface area contributed by atoms with Crippen LogP contribution in [0.4, 0.5) is 0 Å². The zero-order valence-electron chi connectivity index (χ0n) is 14.2. The molecule has 0 saturated carbocycles. The number of hydrogen-bond acceptors (Lipinski definition) is 9. The highest BCUT2D eigenvalue weighted by atomic mass is 17.5. The van der Waals surface area contributed by atoms with Crippen LogP contribution in [0.15, 0.2) is 25.3 Å². The molecule has 0 amide bonds. The van der Waals surface area contributed by atoms with Crippen molar-refractivity contribution < 1.29 is 44.1 Å². The summed E-state index contributed by atoms with van der Waals surface area (Å²) in [5.41, 5.74) is 0. The Kier molecular flexibility index (Phi) is 16.4. The van der Waals surface area contributed by atoms with Crippen LogP contribution in [-0.2, 0) is 33.9 Å². The van der Waals surface area contributed by atoms with Gasteiger partial charge in [0.15, 0.2) is 0 Å². The third-order valence-corrected chi connectivity index (χ3v) is 2.06. The van der Waals surface area contributed by atoms with Crippen LogP contribution in [0.2, 0.25) is 0 Å². The number of ether oxygens (including phenoxy) is 2. The van der Waals surface area contributed by atoms with Gasteiger partial charge in [-0.3, -0.25) is 9.78 Å².